The zero-order valence-corrected chi connectivity index (χ0v) is 7.53. The van der Waals surface area contributed by atoms with E-state index in [1.165, 1.54) is 4.68 Å². The standard InChI is InChI=1S/C8H13N3O2/c1-6-5-7(8(9)13)11(10-6)3-2-4-12/h5,12H,2-4H2,1H3,(H2,9,13). The first kappa shape index (κ1) is 9.73. The Hall–Kier alpha value is -1.36. The molecule has 0 aromatic carbocycles. The average Bonchev–Trinajstić information content (AvgIpc) is 2.43. The minimum Gasteiger partial charge on any atom is -0.396 e. The van der Waals surface area contributed by atoms with Crippen molar-refractivity contribution in [2.24, 2.45) is 5.73 Å². The lowest BCUT2D eigenvalue weighted by atomic mass is 10.3. The van der Waals surface area contributed by atoms with E-state index in [2.05, 4.69) is 5.10 Å². The van der Waals surface area contributed by atoms with Crippen LogP contribution in [0.15, 0.2) is 6.07 Å². The topological polar surface area (TPSA) is 81.1 Å². The monoisotopic (exact) mass is 183 g/mol. The zero-order chi connectivity index (χ0) is 9.84. The molecule has 1 amide bonds. The molecule has 0 aliphatic heterocycles. The van der Waals surface area contributed by atoms with E-state index in [4.69, 9.17) is 10.8 Å². The summed E-state index contributed by atoms with van der Waals surface area (Å²) < 4.78 is 1.52. The quantitative estimate of drug-likeness (QED) is 0.670. The molecule has 0 radical (unpaired) electrons. The summed E-state index contributed by atoms with van der Waals surface area (Å²) in [7, 11) is 0. The van der Waals surface area contributed by atoms with Crippen LogP contribution in [0.3, 0.4) is 0 Å². The number of hydrogen-bond donors (Lipinski definition) is 2. The van der Waals surface area contributed by atoms with Crippen LogP contribution in [0.5, 0.6) is 0 Å². The summed E-state index contributed by atoms with van der Waals surface area (Å²) in [6.45, 7) is 2.39. The SMILES string of the molecule is Cc1cc(C(N)=O)n(CCCO)n1. The highest BCUT2D eigenvalue weighted by atomic mass is 16.3. The fraction of sp³-hybridized carbons (Fsp3) is 0.500. The molecule has 3 N–H and O–H groups in total. The first-order valence-corrected chi connectivity index (χ1v) is 4.10. The molecule has 1 aromatic heterocycles. The third-order valence-electron chi connectivity index (χ3n) is 1.68. The first-order valence-electron chi connectivity index (χ1n) is 4.10. The van der Waals surface area contributed by atoms with E-state index in [9.17, 15) is 4.79 Å². The van der Waals surface area contributed by atoms with Gasteiger partial charge in [0.2, 0.25) is 0 Å². The normalized spacial score (nSPS) is 10.3. The molecule has 0 aliphatic carbocycles. The molecule has 5 nitrogen and oxygen atoms in total. The van der Waals surface area contributed by atoms with Gasteiger partial charge in [-0.3, -0.25) is 9.48 Å². The minimum absolute atomic E-state index is 0.0805. The summed E-state index contributed by atoms with van der Waals surface area (Å²) in [5.74, 6) is -0.487. The average molecular weight is 183 g/mol. The molecular formula is C8H13N3O2. The Bertz CT molecular complexity index is 306. The van der Waals surface area contributed by atoms with Gasteiger partial charge in [0.1, 0.15) is 5.69 Å². The number of hydrogen-bond acceptors (Lipinski definition) is 3. The molecule has 0 bridgehead atoms. The number of nitrogens with zero attached hydrogens (tertiary/aromatic N) is 2. The van der Waals surface area contributed by atoms with Gasteiger partial charge in [-0.05, 0) is 19.4 Å². The van der Waals surface area contributed by atoms with Crippen LogP contribution in [0.1, 0.15) is 22.6 Å². The number of amides is 1. The number of aryl methyl sites for hydroxylation is 2. The maximum absolute atomic E-state index is 10.9. The van der Waals surface area contributed by atoms with Gasteiger partial charge in [-0.1, -0.05) is 0 Å². The van der Waals surface area contributed by atoms with E-state index in [-0.39, 0.29) is 6.61 Å². The molecular weight excluding hydrogens is 170 g/mol. The number of primary amides is 1. The smallest absolute Gasteiger partial charge is 0.266 e. The van der Waals surface area contributed by atoms with Crippen molar-refractivity contribution in [3.05, 3.63) is 17.5 Å². The predicted octanol–water partition coefficient (Wildman–Crippen LogP) is -0.327. The Morgan fingerprint density at radius 2 is 2.46 bits per heavy atom. The van der Waals surface area contributed by atoms with Crippen LogP contribution in [-0.4, -0.2) is 27.4 Å². The van der Waals surface area contributed by atoms with Crippen LogP contribution in [0.4, 0.5) is 0 Å². The molecule has 0 atom stereocenters. The number of aromatic nitrogens is 2. The van der Waals surface area contributed by atoms with Gasteiger partial charge in [0.05, 0.1) is 5.69 Å². The van der Waals surface area contributed by atoms with E-state index < -0.39 is 5.91 Å². The Balaban J connectivity index is 2.84. The van der Waals surface area contributed by atoms with Gasteiger partial charge in [-0.25, -0.2) is 0 Å². The van der Waals surface area contributed by atoms with Crippen LogP contribution in [-0.2, 0) is 6.54 Å². The molecule has 0 aliphatic rings. The summed E-state index contributed by atoms with van der Waals surface area (Å²) in [5, 5.41) is 12.7. The van der Waals surface area contributed by atoms with Gasteiger partial charge in [0.25, 0.3) is 5.91 Å². The second-order valence-electron chi connectivity index (χ2n) is 2.84. The maximum atomic E-state index is 10.9. The molecule has 1 rings (SSSR count). The van der Waals surface area contributed by atoms with Crippen molar-refractivity contribution in [1.29, 1.82) is 0 Å². The number of aliphatic hydroxyl groups excluding tert-OH is 1. The Kier molecular flexibility index (Phi) is 3.02. The van der Waals surface area contributed by atoms with Gasteiger partial charge in [-0.2, -0.15) is 5.10 Å². The summed E-state index contributed by atoms with van der Waals surface area (Å²) >= 11 is 0. The molecule has 0 spiro atoms. The minimum atomic E-state index is -0.487. The Morgan fingerprint density at radius 1 is 1.77 bits per heavy atom. The molecule has 13 heavy (non-hydrogen) atoms. The van der Waals surface area contributed by atoms with Crippen molar-refractivity contribution in [3.63, 3.8) is 0 Å². The van der Waals surface area contributed by atoms with E-state index in [1.54, 1.807) is 13.0 Å². The van der Waals surface area contributed by atoms with E-state index in [0.29, 0.717) is 18.7 Å². The fourth-order valence-electron chi connectivity index (χ4n) is 1.13. The molecule has 0 saturated carbocycles. The molecule has 5 heteroatoms. The molecule has 0 unspecified atom stereocenters. The van der Waals surface area contributed by atoms with Gasteiger partial charge in [-0.15, -0.1) is 0 Å². The predicted molar refractivity (Wildman–Crippen MR) is 47.2 cm³/mol. The number of rotatable bonds is 4. The summed E-state index contributed by atoms with van der Waals surface area (Å²) in [6.07, 6.45) is 0.571. The molecule has 0 saturated heterocycles. The van der Waals surface area contributed by atoms with Crippen LogP contribution in [0.25, 0.3) is 0 Å². The molecule has 72 valence electrons. The van der Waals surface area contributed by atoms with Crippen LogP contribution in [0, 0.1) is 6.92 Å². The van der Waals surface area contributed by atoms with Gasteiger partial charge < -0.3 is 10.8 Å². The van der Waals surface area contributed by atoms with E-state index in [1.807, 2.05) is 0 Å². The van der Waals surface area contributed by atoms with Crippen LogP contribution in [0.2, 0.25) is 0 Å². The van der Waals surface area contributed by atoms with Gasteiger partial charge in [0, 0.05) is 13.2 Å². The van der Waals surface area contributed by atoms with Crippen molar-refractivity contribution in [1.82, 2.24) is 9.78 Å². The summed E-state index contributed by atoms with van der Waals surface area (Å²) in [5.41, 5.74) is 6.29. The summed E-state index contributed by atoms with van der Waals surface area (Å²) in [6, 6.07) is 1.64. The van der Waals surface area contributed by atoms with Crippen molar-refractivity contribution in [2.75, 3.05) is 6.61 Å². The number of aliphatic hydroxyl groups is 1. The summed E-state index contributed by atoms with van der Waals surface area (Å²) in [4.78, 5) is 10.9. The number of carbonyl (C=O) groups excluding carboxylic acids is 1. The van der Waals surface area contributed by atoms with Gasteiger partial charge >= 0.3 is 0 Å². The third-order valence-corrected chi connectivity index (χ3v) is 1.68. The lowest BCUT2D eigenvalue weighted by Crippen LogP contribution is -2.18. The maximum Gasteiger partial charge on any atom is 0.266 e. The highest BCUT2D eigenvalue weighted by Gasteiger charge is 2.09. The first-order chi connectivity index (χ1) is 6.15. The zero-order valence-electron chi connectivity index (χ0n) is 7.53. The molecule has 1 heterocycles. The highest BCUT2D eigenvalue weighted by molar-refractivity contribution is 5.91. The fourth-order valence-corrected chi connectivity index (χ4v) is 1.13. The van der Waals surface area contributed by atoms with Crippen LogP contribution >= 0.6 is 0 Å². The Labute approximate surface area is 76.2 Å². The van der Waals surface area contributed by atoms with Crippen molar-refractivity contribution < 1.29 is 9.90 Å². The second-order valence-corrected chi connectivity index (χ2v) is 2.84. The lowest BCUT2D eigenvalue weighted by Gasteiger charge is -2.02. The third kappa shape index (κ3) is 2.29. The highest BCUT2D eigenvalue weighted by Crippen LogP contribution is 2.03. The Morgan fingerprint density at radius 3 is 3.00 bits per heavy atom. The van der Waals surface area contributed by atoms with Crippen LogP contribution < -0.4 is 5.73 Å². The van der Waals surface area contributed by atoms with E-state index in [0.717, 1.165) is 5.69 Å². The van der Waals surface area contributed by atoms with Crippen molar-refractivity contribution >= 4 is 5.91 Å². The lowest BCUT2D eigenvalue weighted by molar-refractivity contribution is 0.0989. The number of nitrogens with two attached hydrogens (primary N) is 1. The van der Waals surface area contributed by atoms with Crippen molar-refractivity contribution in [3.8, 4) is 0 Å². The second kappa shape index (κ2) is 4.04. The largest absolute Gasteiger partial charge is 0.396 e. The number of carbonyl (C=O) groups is 1. The molecule has 0 fully saturated rings. The van der Waals surface area contributed by atoms with E-state index >= 15 is 0 Å². The van der Waals surface area contributed by atoms with Crippen molar-refractivity contribution in [2.45, 2.75) is 19.9 Å². The molecule has 1 aromatic rings. The van der Waals surface area contributed by atoms with Gasteiger partial charge in [0.15, 0.2) is 0 Å².